The van der Waals surface area contributed by atoms with Crippen molar-refractivity contribution in [3.05, 3.63) is 41.5 Å². The molecule has 0 radical (unpaired) electrons. The zero-order chi connectivity index (χ0) is 18.7. The average Bonchev–Trinajstić information content (AvgIpc) is 3.24. The summed E-state index contributed by atoms with van der Waals surface area (Å²) in [4.78, 5) is 12.2. The highest BCUT2D eigenvalue weighted by Gasteiger charge is 2.42. The minimum absolute atomic E-state index is 0.231. The first-order valence-electron chi connectivity index (χ1n) is 8.14. The van der Waals surface area contributed by atoms with Crippen LogP contribution in [-0.2, 0) is 6.18 Å². The number of carbonyl (C=O) groups is 1. The number of nitrogens with zero attached hydrogens (tertiary/aromatic N) is 3. The lowest BCUT2D eigenvalue weighted by Gasteiger charge is -2.12. The third-order valence-electron chi connectivity index (χ3n) is 4.24. The molecule has 1 saturated heterocycles. The van der Waals surface area contributed by atoms with Crippen LogP contribution in [0.1, 0.15) is 29.0 Å². The fraction of sp³-hybridized carbons (Fsp3) is 0.438. The normalized spacial score (nSPS) is 17.5. The van der Waals surface area contributed by atoms with E-state index in [1.165, 1.54) is 12.1 Å². The molecule has 1 atom stereocenters. The van der Waals surface area contributed by atoms with Gasteiger partial charge in [0, 0.05) is 6.54 Å². The van der Waals surface area contributed by atoms with Gasteiger partial charge in [0.25, 0.3) is 5.91 Å². The van der Waals surface area contributed by atoms with Crippen LogP contribution in [0.15, 0.2) is 24.3 Å². The highest BCUT2D eigenvalue weighted by Crippen LogP contribution is 2.33. The van der Waals surface area contributed by atoms with E-state index in [9.17, 15) is 22.4 Å². The number of hydrogen-bond donors (Lipinski definition) is 2. The molecule has 3 rings (SSSR count). The molecule has 140 valence electrons. The molecule has 1 aliphatic rings. The quantitative estimate of drug-likeness (QED) is 0.790. The summed E-state index contributed by atoms with van der Waals surface area (Å²) in [6, 6.07) is 4.85. The Bertz CT molecular complexity index is 783. The maximum atomic E-state index is 13.9. The summed E-state index contributed by atoms with van der Waals surface area (Å²) in [5.41, 5.74) is -2.70. The second-order valence-corrected chi connectivity index (χ2v) is 6.05. The average molecular weight is 371 g/mol. The Hall–Kier alpha value is -2.49. The predicted molar refractivity (Wildman–Crippen MR) is 84.2 cm³/mol. The number of alkyl halides is 3. The Morgan fingerprint density at radius 2 is 2.12 bits per heavy atom. The smallest absolute Gasteiger partial charge is 0.351 e. The fourth-order valence-corrected chi connectivity index (χ4v) is 2.92. The van der Waals surface area contributed by atoms with Gasteiger partial charge in [-0.2, -0.15) is 13.2 Å². The number of benzene rings is 1. The minimum Gasteiger partial charge on any atom is -0.351 e. The largest absolute Gasteiger partial charge is 0.435 e. The van der Waals surface area contributed by atoms with Crippen molar-refractivity contribution in [1.82, 2.24) is 25.6 Å². The summed E-state index contributed by atoms with van der Waals surface area (Å²) in [6.45, 7) is 1.95. The number of carbonyl (C=O) groups excluding carboxylic acids is 1. The summed E-state index contributed by atoms with van der Waals surface area (Å²) in [7, 11) is 0. The van der Waals surface area contributed by atoms with Crippen LogP contribution in [0.25, 0.3) is 5.69 Å². The molecule has 0 bridgehead atoms. The van der Waals surface area contributed by atoms with Gasteiger partial charge in [-0.3, -0.25) is 4.79 Å². The van der Waals surface area contributed by atoms with Crippen LogP contribution in [-0.4, -0.2) is 40.5 Å². The second-order valence-electron chi connectivity index (χ2n) is 6.05. The van der Waals surface area contributed by atoms with Gasteiger partial charge >= 0.3 is 6.18 Å². The van der Waals surface area contributed by atoms with Gasteiger partial charge < -0.3 is 10.6 Å². The number of para-hydroxylation sites is 1. The maximum Gasteiger partial charge on any atom is 0.435 e. The Morgan fingerprint density at radius 1 is 1.35 bits per heavy atom. The number of halogens is 4. The summed E-state index contributed by atoms with van der Waals surface area (Å²) in [6.07, 6.45) is -3.30. The van der Waals surface area contributed by atoms with Crippen LogP contribution in [0, 0.1) is 11.7 Å². The highest BCUT2D eigenvalue weighted by atomic mass is 19.4. The molecule has 1 amide bonds. The standard InChI is InChI=1S/C16H17F4N5O/c17-11-3-1-2-4-12(11)25-14(16(18,19)20)13(23-24-25)15(26)22-8-6-10-5-7-21-9-10/h1-4,10,21H,5-9H2,(H,22,26). The van der Waals surface area contributed by atoms with Gasteiger partial charge in [0.15, 0.2) is 11.4 Å². The molecular weight excluding hydrogens is 354 g/mol. The van der Waals surface area contributed by atoms with E-state index in [1.807, 2.05) is 0 Å². The summed E-state index contributed by atoms with van der Waals surface area (Å²) < 4.78 is 54.6. The molecule has 0 aliphatic carbocycles. The zero-order valence-corrected chi connectivity index (χ0v) is 13.7. The second kappa shape index (κ2) is 7.40. The summed E-state index contributed by atoms with van der Waals surface area (Å²) >= 11 is 0. The van der Waals surface area contributed by atoms with Gasteiger partial charge in [-0.25, -0.2) is 9.07 Å². The molecule has 10 heteroatoms. The first-order chi connectivity index (χ1) is 12.4. The number of nitrogens with one attached hydrogen (secondary N) is 2. The summed E-state index contributed by atoms with van der Waals surface area (Å²) in [5, 5.41) is 12.3. The number of aromatic nitrogens is 3. The van der Waals surface area contributed by atoms with Crippen molar-refractivity contribution < 1.29 is 22.4 Å². The van der Waals surface area contributed by atoms with Crippen molar-refractivity contribution in [3.63, 3.8) is 0 Å². The van der Waals surface area contributed by atoms with Crippen molar-refractivity contribution in [2.45, 2.75) is 19.0 Å². The Morgan fingerprint density at radius 3 is 2.77 bits per heavy atom. The molecule has 1 fully saturated rings. The van der Waals surface area contributed by atoms with Gasteiger partial charge in [-0.1, -0.05) is 17.3 Å². The van der Waals surface area contributed by atoms with Gasteiger partial charge in [0.1, 0.15) is 11.5 Å². The van der Waals surface area contributed by atoms with Crippen LogP contribution >= 0.6 is 0 Å². The molecule has 26 heavy (non-hydrogen) atoms. The lowest BCUT2D eigenvalue weighted by molar-refractivity contribution is -0.143. The molecule has 2 heterocycles. The number of hydrogen-bond acceptors (Lipinski definition) is 4. The van der Waals surface area contributed by atoms with E-state index in [4.69, 9.17) is 0 Å². The van der Waals surface area contributed by atoms with Crippen LogP contribution in [0.4, 0.5) is 17.6 Å². The molecule has 1 unspecified atom stereocenters. The van der Waals surface area contributed by atoms with E-state index < -0.39 is 35.0 Å². The van der Waals surface area contributed by atoms with Gasteiger partial charge in [-0.15, -0.1) is 5.10 Å². The SMILES string of the molecule is O=C(NCCC1CCNC1)c1nnn(-c2ccccc2F)c1C(F)(F)F. The topological polar surface area (TPSA) is 71.8 Å². The van der Waals surface area contributed by atoms with Gasteiger partial charge in [0.05, 0.1) is 0 Å². The third kappa shape index (κ3) is 3.85. The molecule has 0 spiro atoms. The van der Waals surface area contributed by atoms with Crippen LogP contribution < -0.4 is 10.6 Å². The third-order valence-corrected chi connectivity index (χ3v) is 4.24. The van der Waals surface area contributed by atoms with Crippen molar-refractivity contribution in [3.8, 4) is 5.69 Å². The first kappa shape index (κ1) is 18.3. The minimum atomic E-state index is -4.92. The molecule has 1 aromatic heterocycles. The van der Waals surface area contributed by atoms with Crippen molar-refractivity contribution in [2.75, 3.05) is 19.6 Å². The predicted octanol–water partition coefficient (Wildman–Crippen LogP) is 2.15. The number of rotatable bonds is 5. The molecule has 0 saturated carbocycles. The maximum absolute atomic E-state index is 13.9. The van der Waals surface area contributed by atoms with Gasteiger partial charge in [-0.05, 0) is 44.0 Å². The van der Waals surface area contributed by atoms with Crippen molar-refractivity contribution in [2.24, 2.45) is 5.92 Å². The number of amides is 1. The molecule has 2 aromatic rings. The lowest BCUT2D eigenvalue weighted by Crippen LogP contribution is -2.29. The monoisotopic (exact) mass is 371 g/mol. The van der Waals surface area contributed by atoms with Crippen LogP contribution in [0.5, 0.6) is 0 Å². The van der Waals surface area contributed by atoms with E-state index in [2.05, 4.69) is 20.9 Å². The van der Waals surface area contributed by atoms with E-state index in [0.29, 0.717) is 17.0 Å². The Kier molecular flexibility index (Phi) is 5.21. The van der Waals surface area contributed by atoms with Gasteiger partial charge in [0.2, 0.25) is 0 Å². The molecule has 1 aliphatic heterocycles. The van der Waals surface area contributed by atoms with Crippen LogP contribution in [0.2, 0.25) is 0 Å². The molecule has 2 N–H and O–H groups in total. The molecule has 1 aromatic carbocycles. The molecular formula is C16H17F4N5O. The van der Waals surface area contributed by atoms with Crippen molar-refractivity contribution >= 4 is 5.91 Å². The van der Waals surface area contributed by atoms with E-state index in [0.717, 1.165) is 31.6 Å². The fourth-order valence-electron chi connectivity index (χ4n) is 2.92. The first-order valence-corrected chi connectivity index (χ1v) is 8.14. The molecule has 6 nitrogen and oxygen atoms in total. The van der Waals surface area contributed by atoms with E-state index in [-0.39, 0.29) is 6.54 Å². The van der Waals surface area contributed by atoms with Crippen molar-refractivity contribution in [1.29, 1.82) is 0 Å². The van der Waals surface area contributed by atoms with E-state index in [1.54, 1.807) is 0 Å². The zero-order valence-electron chi connectivity index (χ0n) is 13.7. The lowest BCUT2D eigenvalue weighted by atomic mass is 10.1. The van der Waals surface area contributed by atoms with E-state index >= 15 is 0 Å². The highest BCUT2D eigenvalue weighted by molar-refractivity contribution is 5.93. The summed E-state index contributed by atoms with van der Waals surface area (Å²) in [5.74, 6) is -1.50. The Labute approximate surface area is 146 Å². The Balaban J connectivity index is 1.83. The van der Waals surface area contributed by atoms with Crippen LogP contribution in [0.3, 0.4) is 0 Å².